The van der Waals surface area contributed by atoms with Crippen LogP contribution in [0.15, 0.2) is 42.5 Å². The maximum atomic E-state index is 6.30. The number of anilines is 2. The lowest BCUT2D eigenvalue weighted by Crippen LogP contribution is -2.50. The molecule has 0 spiro atoms. The number of nitrogens with one attached hydrogen (secondary N) is 1. The van der Waals surface area contributed by atoms with E-state index >= 15 is 0 Å². The van der Waals surface area contributed by atoms with E-state index in [0.717, 1.165) is 47.7 Å². The average molecular weight is 360 g/mol. The number of piperazine rings is 1. The summed E-state index contributed by atoms with van der Waals surface area (Å²) >= 11 is 11.9. The Labute approximate surface area is 154 Å². The number of thiocarbonyl (C=S) groups is 1. The minimum Gasteiger partial charge on any atom is -0.367 e. The second-order valence-electron chi connectivity index (χ2n) is 6.15. The van der Waals surface area contributed by atoms with Gasteiger partial charge >= 0.3 is 0 Å². The van der Waals surface area contributed by atoms with E-state index in [1.54, 1.807) is 0 Å². The van der Waals surface area contributed by atoms with Crippen LogP contribution >= 0.6 is 23.8 Å². The summed E-state index contributed by atoms with van der Waals surface area (Å²) in [6, 6.07) is 14.3. The molecule has 0 unspecified atom stereocenters. The van der Waals surface area contributed by atoms with Crippen LogP contribution < -0.4 is 10.2 Å². The zero-order chi connectivity index (χ0) is 17.1. The third kappa shape index (κ3) is 3.82. The van der Waals surface area contributed by atoms with Gasteiger partial charge in [-0.05, 0) is 61.5 Å². The minimum absolute atomic E-state index is 0.789. The number of aryl methyl sites for hydroxylation is 2. The first kappa shape index (κ1) is 17.1. The van der Waals surface area contributed by atoms with E-state index < -0.39 is 0 Å². The van der Waals surface area contributed by atoms with Crippen LogP contribution in [0.25, 0.3) is 0 Å². The molecule has 5 heteroatoms. The summed E-state index contributed by atoms with van der Waals surface area (Å²) in [7, 11) is 0. The van der Waals surface area contributed by atoms with E-state index in [1.807, 2.05) is 18.2 Å². The predicted molar refractivity (Wildman–Crippen MR) is 107 cm³/mol. The van der Waals surface area contributed by atoms with Gasteiger partial charge in [0.2, 0.25) is 0 Å². The molecule has 0 aromatic heterocycles. The Balaban J connectivity index is 1.59. The van der Waals surface area contributed by atoms with Crippen molar-refractivity contribution in [3.8, 4) is 0 Å². The van der Waals surface area contributed by atoms with Crippen LogP contribution in [0.5, 0.6) is 0 Å². The lowest BCUT2D eigenvalue weighted by molar-refractivity contribution is 0.391. The highest BCUT2D eigenvalue weighted by atomic mass is 35.5. The van der Waals surface area contributed by atoms with Gasteiger partial charge in [0.15, 0.2) is 5.11 Å². The zero-order valence-electron chi connectivity index (χ0n) is 14.1. The third-order valence-corrected chi connectivity index (χ3v) is 5.20. The second kappa shape index (κ2) is 7.41. The molecule has 2 aromatic rings. The smallest absolute Gasteiger partial charge is 0.173 e. The van der Waals surface area contributed by atoms with Crippen LogP contribution in [0.2, 0.25) is 5.02 Å². The fraction of sp³-hybridized carbons (Fsp3) is 0.316. The van der Waals surface area contributed by atoms with Crippen molar-refractivity contribution >= 4 is 40.3 Å². The molecule has 0 radical (unpaired) electrons. The monoisotopic (exact) mass is 359 g/mol. The number of para-hydroxylation sites is 1. The number of halogens is 1. The van der Waals surface area contributed by atoms with Crippen molar-refractivity contribution in [3.63, 3.8) is 0 Å². The van der Waals surface area contributed by atoms with Gasteiger partial charge < -0.3 is 15.1 Å². The van der Waals surface area contributed by atoms with Gasteiger partial charge in [-0.15, -0.1) is 0 Å². The third-order valence-electron chi connectivity index (χ3n) is 4.52. The van der Waals surface area contributed by atoms with Crippen molar-refractivity contribution in [3.05, 3.63) is 58.6 Å². The summed E-state index contributed by atoms with van der Waals surface area (Å²) in [4.78, 5) is 4.54. The first-order chi connectivity index (χ1) is 11.5. The minimum atomic E-state index is 0.789. The van der Waals surface area contributed by atoms with E-state index in [4.69, 9.17) is 23.8 Å². The van der Waals surface area contributed by atoms with E-state index in [1.165, 1.54) is 11.1 Å². The normalized spacial score (nSPS) is 14.6. The van der Waals surface area contributed by atoms with Gasteiger partial charge in [0.05, 0.1) is 10.7 Å². The molecule has 0 aliphatic carbocycles. The van der Waals surface area contributed by atoms with E-state index in [0.29, 0.717) is 0 Å². The summed E-state index contributed by atoms with van der Waals surface area (Å²) in [6.45, 7) is 7.85. The Hall–Kier alpha value is -1.78. The fourth-order valence-electron chi connectivity index (χ4n) is 2.88. The van der Waals surface area contributed by atoms with Crippen molar-refractivity contribution in [1.82, 2.24) is 4.90 Å². The maximum Gasteiger partial charge on any atom is 0.173 e. The highest BCUT2D eigenvalue weighted by Crippen LogP contribution is 2.26. The molecule has 1 N–H and O–H groups in total. The van der Waals surface area contributed by atoms with Crippen LogP contribution in [-0.4, -0.2) is 36.2 Å². The van der Waals surface area contributed by atoms with Gasteiger partial charge in [0, 0.05) is 31.9 Å². The van der Waals surface area contributed by atoms with Gasteiger partial charge in [-0.25, -0.2) is 0 Å². The van der Waals surface area contributed by atoms with Gasteiger partial charge in [0.1, 0.15) is 0 Å². The van der Waals surface area contributed by atoms with Gasteiger partial charge in [-0.3, -0.25) is 0 Å². The second-order valence-corrected chi connectivity index (χ2v) is 6.95. The van der Waals surface area contributed by atoms with Crippen LogP contribution in [0, 0.1) is 13.8 Å². The number of rotatable bonds is 2. The zero-order valence-corrected chi connectivity index (χ0v) is 15.6. The predicted octanol–water partition coefficient (Wildman–Crippen LogP) is 4.48. The molecule has 0 amide bonds. The van der Waals surface area contributed by atoms with Crippen LogP contribution in [0.3, 0.4) is 0 Å². The molecular weight excluding hydrogens is 338 g/mol. The molecule has 3 rings (SSSR count). The Morgan fingerprint density at radius 3 is 2.38 bits per heavy atom. The summed E-state index contributed by atoms with van der Waals surface area (Å²) in [5, 5.41) is 4.95. The standard InChI is InChI=1S/C19H22ClN3S/c1-14-7-8-16(13-15(14)2)21-19(24)23-11-9-22(10-12-23)18-6-4-3-5-17(18)20/h3-8,13H,9-12H2,1-2H3,(H,21,24). The molecule has 1 fully saturated rings. The Bertz CT molecular complexity index is 739. The van der Waals surface area contributed by atoms with Gasteiger partial charge in [0.25, 0.3) is 0 Å². The first-order valence-electron chi connectivity index (χ1n) is 8.17. The maximum absolute atomic E-state index is 6.30. The molecule has 24 heavy (non-hydrogen) atoms. The molecule has 126 valence electrons. The van der Waals surface area contributed by atoms with E-state index in [9.17, 15) is 0 Å². The average Bonchev–Trinajstić information content (AvgIpc) is 2.59. The van der Waals surface area contributed by atoms with E-state index in [-0.39, 0.29) is 0 Å². The van der Waals surface area contributed by atoms with Crippen molar-refractivity contribution in [2.75, 3.05) is 36.4 Å². The molecule has 1 aliphatic heterocycles. The first-order valence-corrected chi connectivity index (χ1v) is 8.96. The largest absolute Gasteiger partial charge is 0.367 e. The molecule has 0 atom stereocenters. The van der Waals surface area contributed by atoms with Crippen molar-refractivity contribution < 1.29 is 0 Å². The SMILES string of the molecule is Cc1ccc(NC(=S)N2CCN(c3ccccc3Cl)CC2)cc1C. The molecule has 1 heterocycles. The summed E-state index contributed by atoms with van der Waals surface area (Å²) in [6.07, 6.45) is 0. The van der Waals surface area contributed by atoms with Crippen LogP contribution in [0.4, 0.5) is 11.4 Å². The molecule has 0 bridgehead atoms. The molecule has 2 aromatic carbocycles. The van der Waals surface area contributed by atoms with Crippen LogP contribution in [0.1, 0.15) is 11.1 Å². The van der Waals surface area contributed by atoms with Gasteiger partial charge in [-0.2, -0.15) is 0 Å². The van der Waals surface area contributed by atoms with Crippen molar-refractivity contribution in [1.29, 1.82) is 0 Å². The summed E-state index contributed by atoms with van der Waals surface area (Å²) < 4.78 is 0. The number of benzene rings is 2. The molecular formula is C19H22ClN3S. The summed E-state index contributed by atoms with van der Waals surface area (Å²) in [5.41, 5.74) is 4.72. The Morgan fingerprint density at radius 2 is 1.71 bits per heavy atom. The molecule has 3 nitrogen and oxygen atoms in total. The van der Waals surface area contributed by atoms with Crippen molar-refractivity contribution in [2.24, 2.45) is 0 Å². The summed E-state index contributed by atoms with van der Waals surface area (Å²) in [5.74, 6) is 0. The van der Waals surface area contributed by atoms with Gasteiger partial charge in [-0.1, -0.05) is 29.8 Å². The highest BCUT2D eigenvalue weighted by Gasteiger charge is 2.20. The topological polar surface area (TPSA) is 18.5 Å². The number of hydrogen-bond acceptors (Lipinski definition) is 2. The lowest BCUT2D eigenvalue weighted by Gasteiger charge is -2.37. The molecule has 1 saturated heterocycles. The lowest BCUT2D eigenvalue weighted by atomic mass is 10.1. The Morgan fingerprint density at radius 1 is 1.00 bits per heavy atom. The van der Waals surface area contributed by atoms with Crippen molar-refractivity contribution in [2.45, 2.75) is 13.8 Å². The number of nitrogens with zero attached hydrogens (tertiary/aromatic N) is 2. The molecule has 1 aliphatic rings. The molecule has 0 saturated carbocycles. The quantitative estimate of drug-likeness (QED) is 0.797. The highest BCUT2D eigenvalue weighted by molar-refractivity contribution is 7.80. The number of hydrogen-bond donors (Lipinski definition) is 1. The fourth-order valence-corrected chi connectivity index (χ4v) is 3.44. The van der Waals surface area contributed by atoms with Crippen LogP contribution in [-0.2, 0) is 0 Å². The Kier molecular flexibility index (Phi) is 5.27. The van der Waals surface area contributed by atoms with E-state index in [2.05, 4.69) is 53.2 Å².